The molecule has 21 heavy (non-hydrogen) atoms. The van der Waals surface area contributed by atoms with Crippen molar-refractivity contribution < 1.29 is 4.39 Å². The molecular weight excluding hydrogens is 265 g/mol. The number of nitrogens with zero attached hydrogens (tertiary/aromatic N) is 2. The zero-order chi connectivity index (χ0) is 15.2. The zero-order valence-electron chi connectivity index (χ0n) is 13.5. The summed E-state index contributed by atoms with van der Waals surface area (Å²) in [5, 5.41) is 3.24. The summed E-state index contributed by atoms with van der Waals surface area (Å²) in [7, 11) is 6.28. The summed E-state index contributed by atoms with van der Waals surface area (Å²) >= 11 is 0. The van der Waals surface area contributed by atoms with Gasteiger partial charge in [-0.2, -0.15) is 0 Å². The Morgan fingerprint density at radius 2 is 2.19 bits per heavy atom. The third kappa shape index (κ3) is 4.50. The van der Waals surface area contributed by atoms with Gasteiger partial charge in [-0.15, -0.1) is 0 Å². The van der Waals surface area contributed by atoms with Crippen molar-refractivity contribution in [1.29, 1.82) is 0 Å². The van der Waals surface area contributed by atoms with Crippen molar-refractivity contribution in [3.05, 3.63) is 35.6 Å². The first-order valence-corrected chi connectivity index (χ1v) is 7.92. The highest BCUT2D eigenvalue weighted by Crippen LogP contribution is 2.20. The van der Waals surface area contributed by atoms with Crippen molar-refractivity contribution in [2.75, 3.05) is 40.8 Å². The van der Waals surface area contributed by atoms with Crippen molar-refractivity contribution in [3.63, 3.8) is 0 Å². The summed E-state index contributed by atoms with van der Waals surface area (Å²) in [6.07, 6.45) is 3.53. The number of likely N-dealkylation sites (tertiary alicyclic amines) is 1. The topological polar surface area (TPSA) is 18.5 Å². The number of rotatable bonds is 7. The van der Waals surface area contributed by atoms with Gasteiger partial charge in [0.2, 0.25) is 0 Å². The van der Waals surface area contributed by atoms with Gasteiger partial charge in [0, 0.05) is 24.2 Å². The molecule has 1 aromatic rings. The lowest BCUT2D eigenvalue weighted by molar-refractivity contribution is 0.214. The summed E-state index contributed by atoms with van der Waals surface area (Å²) < 4.78 is 13.9. The quantitative estimate of drug-likeness (QED) is 0.833. The molecule has 2 unspecified atom stereocenters. The first-order chi connectivity index (χ1) is 10.1. The fraction of sp³-hybridized carbons (Fsp3) is 0.647. The molecule has 1 N–H and O–H groups in total. The second-order valence-electron chi connectivity index (χ2n) is 6.19. The first kappa shape index (κ1) is 16.4. The molecule has 0 radical (unpaired) electrons. The molecule has 0 aromatic heterocycles. The molecule has 1 fully saturated rings. The second-order valence-corrected chi connectivity index (χ2v) is 6.19. The van der Waals surface area contributed by atoms with Crippen LogP contribution in [-0.2, 0) is 0 Å². The van der Waals surface area contributed by atoms with Crippen LogP contribution in [0.5, 0.6) is 0 Å². The van der Waals surface area contributed by atoms with Crippen LogP contribution < -0.4 is 5.32 Å². The molecule has 2 rings (SSSR count). The van der Waals surface area contributed by atoms with E-state index in [0.29, 0.717) is 6.04 Å². The molecule has 0 amide bonds. The van der Waals surface area contributed by atoms with Gasteiger partial charge in [-0.05, 0) is 59.6 Å². The van der Waals surface area contributed by atoms with Crippen LogP contribution in [0.15, 0.2) is 24.3 Å². The van der Waals surface area contributed by atoms with Crippen LogP contribution in [0.1, 0.15) is 30.9 Å². The summed E-state index contributed by atoms with van der Waals surface area (Å²) in [4.78, 5) is 4.82. The Morgan fingerprint density at radius 1 is 1.43 bits per heavy atom. The van der Waals surface area contributed by atoms with Crippen LogP contribution in [0.25, 0.3) is 0 Å². The molecular formula is C17H28FN3. The number of halogens is 1. The van der Waals surface area contributed by atoms with Gasteiger partial charge in [0.05, 0.1) is 0 Å². The van der Waals surface area contributed by atoms with Gasteiger partial charge >= 0.3 is 0 Å². The molecule has 0 aliphatic carbocycles. The molecule has 0 saturated carbocycles. The molecule has 1 heterocycles. The number of benzene rings is 1. The van der Waals surface area contributed by atoms with E-state index in [1.54, 1.807) is 6.07 Å². The monoisotopic (exact) mass is 293 g/mol. The number of hydrogen-bond acceptors (Lipinski definition) is 3. The van der Waals surface area contributed by atoms with Crippen molar-refractivity contribution >= 4 is 0 Å². The summed E-state index contributed by atoms with van der Waals surface area (Å²) in [5.74, 6) is -0.116. The van der Waals surface area contributed by atoms with Crippen LogP contribution in [0.3, 0.4) is 0 Å². The van der Waals surface area contributed by atoms with E-state index in [-0.39, 0.29) is 11.9 Å². The third-order valence-corrected chi connectivity index (χ3v) is 4.62. The van der Waals surface area contributed by atoms with Crippen molar-refractivity contribution in [2.24, 2.45) is 0 Å². The SMILES string of the molecule is CNC(CCN(C)CC1CCCN1C)c1ccccc1F. The first-order valence-electron chi connectivity index (χ1n) is 7.92. The van der Waals surface area contributed by atoms with Crippen molar-refractivity contribution in [1.82, 2.24) is 15.1 Å². The van der Waals surface area contributed by atoms with E-state index < -0.39 is 0 Å². The van der Waals surface area contributed by atoms with E-state index in [1.165, 1.54) is 25.5 Å². The Balaban J connectivity index is 1.84. The fourth-order valence-electron chi connectivity index (χ4n) is 3.22. The molecule has 4 heteroatoms. The van der Waals surface area contributed by atoms with Crippen molar-refractivity contribution in [3.8, 4) is 0 Å². The molecule has 1 saturated heterocycles. The van der Waals surface area contributed by atoms with Crippen LogP contribution in [-0.4, -0.2) is 56.6 Å². The molecule has 1 aliphatic rings. The average molecular weight is 293 g/mol. The van der Waals surface area contributed by atoms with Crippen LogP contribution in [0.4, 0.5) is 4.39 Å². The minimum Gasteiger partial charge on any atom is -0.313 e. The lowest BCUT2D eigenvalue weighted by Crippen LogP contribution is -2.37. The van der Waals surface area contributed by atoms with E-state index in [9.17, 15) is 4.39 Å². The van der Waals surface area contributed by atoms with Crippen molar-refractivity contribution in [2.45, 2.75) is 31.3 Å². The van der Waals surface area contributed by atoms with E-state index in [0.717, 1.165) is 25.1 Å². The minimum absolute atomic E-state index is 0.0787. The van der Waals surface area contributed by atoms with E-state index >= 15 is 0 Å². The van der Waals surface area contributed by atoms with E-state index in [4.69, 9.17) is 0 Å². The molecule has 2 atom stereocenters. The zero-order valence-corrected chi connectivity index (χ0v) is 13.5. The summed E-state index contributed by atoms with van der Waals surface area (Å²) in [6.45, 7) is 3.29. The molecule has 3 nitrogen and oxygen atoms in total. The van der Waals surface area contributed by atoms with Gasteiger partial charge in [0.1, 0.15) is 5.82 Å². The molecule has 0 bridgehead atoms. The highest BCUT2D eigenvalue weighted by molar-refractivity contribution is 5.21. The van der Waals surface area contributed by atoms with E-state index in [2.05, 4.69) is 29.2 Å². The van der Waals surface area contributed by atoms with Crippen LogP contribution in [0.2, 0.25) is 0 Å². The average Bonchev–Trinajstić information content (AvgIpc) is 2.86. The Kier molecular flexibility index (Phi) is 6.15. The molecule has 1 aliphatic heterocycles. The number of nitrogens with one attached hydrogen (secondary N) is 1. The lowest BCUT2D eigenvalue weighted by atomic mass is 10.0. The Labute approximate surface area is 128 Å². The molecule has 0 spiro atoms. The maximum absolute atomic E-state index is 13.9. The standard InChI is InChI=1S/C17H28FN3/c1-19-17(15-8-4-5-9-16(15)18)10-12-20(2)13-14-7-6-11-21(14)3/h4-5,8-9,14,17,19H,6-7,10-13H2,1-3H3. The minimum atomic E-state index is -0.116. The Morgan fingerprint density at radius 3 is 2.81 bits per heavy atom. The highest BCUT2D eigenvalue weighted by atomic mass is 19.1. The van der Waals surface area contributed by atoms with Gasteiger partial charge < -0.3 is 15.1 Å². The smallest absolute Gasteiger partial charge is 0.127 e. The normalized spacial score (nSPS) is 21.1. The highest BCUT2D eigenvalue weighted by Gasteiger charge is 2.22. The van der Waals surface area contributed by atoms with Gasteiger partial charge in [-0.25, -0.2) is 4.39 Å². The maximum atomic E-state index is 13.9. The Hall–Kier alpha value is -0.970. The largest absolute Gasteiger partial charge is 0.313 e. The molecule has 118 valence electrons. The van der Waals surface area contributed by atoms with Gasteiger partial charge in [-0.3, -0.25) is 0 Å². The predicted octanol–water partition coefficient (Wildman–Crippen LogP) is 2.50. The fourth-order valence-corrected chi connectivity index (χ4v) is 3.22. The lowest BCUT2D eigenvalue weighted by Gasteiger charge is -2.27. The predicted molar refractivity (Wildman–Crippen MR) is 86.0 cm³/mol. The Bertz CT molecular complexity index is 438. The molecule has 1 aromatic carbocycles. The second kappa shape index (κ2) is 7.87. The third-order valence-electron chi connectivity index (χ3n) is 4.62. The number of likely N-dealkylation sites (N-methyl/N-ethyl adjacent to an activating group) is 2. The van der Waals surface area contributed by atoms with E-state index in [1.807, 2.05) is 19.2 Å². The summed E-state index contributed by atoms with van der Waals surface area (Å²) in [5.41, 5.74) is 0.770. The van der Waals surface area contributed by atoms with Gasteiger partial charge in [0.15, 0.2) is 0 Å². The van der Waals surface area contributed by atoms with Gasteiger partial charge in [-0.1, -0.05) is 18.2 Å². The van der Waals surface area contributed by atoms with Crippen LogP contribution in [0, 0.1) is 5.82 Å². The number of hydrogen-bond donors (Lipinski definition) is 1. The van der Waals surface area contributed by atoms with Gasteiger partial charge in [0.25, 0.3) is 0 Å². The van der Waals surface area contributed by atoms with Crippen LogP contribution >= 0.6 is 0 Å². The summed E-state index contributed by atoms with van der Waals surface area (Å²) in [6, 6.07) is 7.82. The maximum Gasteiger partial charge on any atom is 0.127 e.